The minimum Gasteiger partial charge on any atom is -0.412 e. The molecule has 0 aliphatic carbocycles. The van der Waals surface area contributed by atoms with Crippen LogP contribution in [-0.4, -0.2) is 29.4 Å². The van der Waals surface area contributed by atoms with Gasteiger partial charge in [0.15, 0.2) is 0 Å². The van der Waals surface area contributed by atoms with Gasteiger partial charge in [-0.05, 0) is 28.9 Å². The van der Waals surface area contributed by atoms with Crippen molar-refractivity contribution in [1.82, 2.24) is 0 Å². The summed E-state index contributed by atoms with van der Waals surface area (Å²) in [5.74, 6) is 0. The Morgan fingerprint density at radius 2 is 1.78 bits per heavy atom. The Balaban J connectivity index is 2.10. The molecule has 3 heteroatoms. The molecule has 0 amide bonds. The fourth-order valence-corrected chi connectivity index (χ4v) is 3.58. The van der Waals surface area contributed by atoms with Gasteiger partial charge in [0.05, 0.1) is 0 Å². The third-order valence-electron chi connectivity index (χ3n) is 2.98. The number of hydrogen-bond acceptors (Lipinski definition) is 2. The second kappa shape index (κ2) is 6.68. The van der Waals surface area contributed by atoms with Crippen LogP contribution in [0, 0.1) is 0 Å². The molecule has 18 heavy (non-hydrogen) atoms. The summed E-state index contributed by atoms with van der Waals surface area (Å²) in [6.45, 7) is 3.76. The minimum atomic E-state index is -0.928. The van der Waals surface area contributed by atoms with Crippen LogP contribution in [0.2, 0.25) is 6.55 Å². The molecule has 2 aromatic rings. The van der Waals surface area contributed by atoms with Gasteiger partial charge in [0.2, 0.25) is 9.04 Å². The summed E-state index contributed by atoms with van der Waals surface area (Å²) in [7, 11) is 0.796. The predicted molar refractivity (Wildman–Crippen MR) is 77.6 cm³/mol. The zero-order valence-corrected chi connectivity index (χ0v) is 12.0. The SMILES string of the molecule is COCCCO[Si](C)c1cccc2ccccc12. The summed E-state index contributed by atoms with van der Waals surface area (Å²) < 4.78 is 11.0. The average molecular weight is 259 g/mol. The number of fused-ring (bicyclic) bond motifs is 1. The molecule has 0 saturated carbocycles. The van der Waals surface area contributed by atoms with Crippen molar-refractivity contribution in [2.45, 2.75) is 13.0 Å². The van der Waals surface area contributed by atoms with E-state index in [4.69, 9.17) is 9.16 Å². The maximum Gasteiger partial charge on any atom is 0.244 e. The Kier molecular flexibility index (Phi) is 4.93. The number of benzene rings is 2. The molecular weight excluding hydrogens is 240 g/mol. The molecule has 0 aliphatic rings. The molecule has 0 bridgehead atoms. The quantitative estimate of drug-likeness (QED) is 0.586. The van der Waals surface area contributed by atoms with Crippen molar-refractivity contribution in [2.75, 3.05) is 20.3 Å². The van der Waals surface area contributed by atoms with Gasteiger partial charge in [-0.2, -0.15) is 0 Å². The van der Waals surface area contributed by atoms with Crippen LogP contribution in [0.25, 0.3) is 10.8 Å². The fraction of sp³-hybridized carbons (Fsp3) is 0.333. The van der Waals surface area contributed by atoms with Crippen LogP contribution in [0.5, 0.6) is 0 Å². The summed E-state index contributed by atoms with van der Waals surface area (Å²) in [5, 5.41) is 3.97. The van der Waals surface area contributed by atoms with Crippen molar-refractivity contribution in [3.05, 3.63) is 42.5 Å². The van der Waals surface area contributed by atoms with E-state index in [0.29, 0.717) is 0 Å². The van der Waals surface area contributed by atoms with Gasteiger partial charge in [-0.3, -0.25) is 0 Å². The number of methoxy groups -OCH3 is 1. The van der Waals surface area contributed by atoms with Crippen LogP contribution >= 0.6 is 0 Å². The molecular formula is C15H19O2Si. The van der Waals surface area contributed by atoms with E-state index in [1.165, 1.54) is 16.0 Å². The second-order valence-electron chi connectivity index (χ2n) is 4.28. The van der Waals surface area contributed by atoms with Gasteiger partial charge in [0.25, 0.3) is 0 Å². The topological polar surface area (TPSA) is 18.5 Å². The second-order valence-corrected chi connectivity index (χ2v) is 6.22. The van der Waals surface area contributed by atoms with E-state index in [1.54, 1.807) is 7.11 Å². The van der Waals surface area contributed by atoms with Gasteiger partial charge < -0.3 is 9.16 Å². The molecule has 0 spiro atoms. The first-order chi connectivity index (χ1) is 8.83. The molecule has 2 rings (SSSR count). The van der Waals surface area contributed by atoms with E-state index in [-0.39, 0.29) is 0 Å². The Bertz CT molecular complexity index is 493. The largest absolute Gasteiger partial charge is 0.412 e. The normalized spacial score (nSPS) is 11.3. The molecule has 1 radical (unpaired) electrons. The zero-order chi connectivity index (χ0) is 12.8. The highest BCUT2D eigenvalue weighted by Gasteiger charge is 2.12. The lowest BCUT2D eigenvalue weighted by Crippen LogP contribution is -2.31. The summed E-state index contributed by atoms with van der Waals surface area (Å²) >= 11 is 0. The lowest BCUT2D eigenvalue weighted by molar-refractivity contribution is 0.173. The maximum absolute atomic E-state index is 5.96. The standard InChI is InChI=1S/C15H19O2Si/c1-16-11-6-12-17-18(2)15-10-5-8-13-7-3-4-9-14(13)15/h3-5,7-10H,6,11-12H2,1-2H3. The number of hydrogen-bond donors (Lipinski definition) is 0. The van der Waals surface area contributed by atoms with Gasteiger partial charge in [0.1, 0.15) is 0 Å². The van der Waals surface area contributed by atoms with Crippen LogP contribution in [0.4, 0.5) is 0 Å². The van der Waals surface area contributed by atoms with E-state index in [2.05, 4.69) is 49.0 Å². The van der Waals surface area contributed by atoms with Crippen LogP contribution < -0.4 is 5.19 Å². The van der Waals surface area contributed by atoms with Crippen molar-refractivity contribution in [3.8, 4) is 0 Å². The lowest BCUT2D eigenvalue weighted by Gasteiger charge is -2.13. The Morgan fingerprint density at radius 3 is 2.61 bits per heavy atom. The number of rotatable bonds is 6. The molecule has 95 valence electrons. The molecule has 0 aromatic heterocycles. The van der Waals surface area contributed by atoms with Crippen LogP contribution in [0.15, 0.2) is 42.5 Å². The van der Waals surface area contributed by atoms with Gasteiger partial charge >= 0.3 is 0 Å². The van der Waals surface area contributed by atoms with Gasteiger partial charge in [0, 0.05) is 20.3 Å². The predicted octanol–water partition coefficient (Wildman–Crippen LogP) is 2.72. The zero-order valence-electron chi connectivity index (χ0n) is 11.0. The molecule has 2 aromatic carbocycles. The minimum absolute atomic E-state index is 0.769. The smallest absolute Gasteiger partial charge is 0.244 e. The average Bonchev–Trinajstić information content (AvgIpc) is 2.43. The fourth-order valence-electron chi connectivity index (χ4n) is 2.04. The molecule has 0 aliphatic heterocycles. The first kappa shape index (κ1) is 13.3. The first-order valence-corrected chi connectivity index (χ1v) is 8.17. The van der Waals surface area contributed by atoms with Gasteiger partial charge in [-0.15, -0.1) is 0 Å². The molecule has 2 nitrogen and oxygen atoms in total. The third-order valence-corrected chi connectivity index (χ3v) is 4.81. The van der Waals surface area contributed by atoms with E-state index in [1.807, 2.05) is 0 Å². The highest BCUT2D eigenvalue weighted by atomic mass is 28.3. The van der Waals surface area contributed by atoms with Crippen LogP contribution in [0.1, 0.15) is 6.42 Å². The molecule has 0 atom stereocenters. The third kappa shape index (κ3) is 3.19. The van der Waals surface area contributed by atoms with E-state index < -0.39 is 9.04 Å². The van der Waals surface area contributed by atoms with Gasteiger partial charge in [-0.1, -0.05) is 42.5 Å². The van der Waals surface area contributed by atoms with Gasteiger partial charge in [-0.25, -0.2) is 0 Å². The first-order valence-electron chi connectivity index (χ1n) is 6.26. The molecule has 0 fully saturated rings. The summed E-state index contributed by atoms with van der Waals surface area (Å²) in [5.41, 5.74) is 0. The highest BCUT2D eigenvalue weighted by Crippen LogP contribution is 2.11. The van der Waals surface area contributed by atoms with Crippen LogP contribution in [-0.2, 0) is 9.16 Å². The molecule has 0 unspecified atom stereocenters. The monoisotopic (exact) mass is 259 g/mol. The van der Waals surface area contributed by atoms with Crippen molar-refractivity contribution >= 4 is 25.0 Å². The van der Waals surface area contributed by atoms with Crippen LogP contribution in [0.3, 0.4) is 0 Å². The van der Waals surface area contributed by atoms with E-state index in [9.17, 15) is 0 Å². The molecule has 0 heterocycles. The van der Waals surface area contributed by atoms with Crippen molar-refractivity contribution in [3.63, 3.8) is 0 Å². The molecule has 0 N–H and O–H groups in total. The Labute approximate surface area is 110 Å². The molecule has 0 saturated heterocycles. The summed E-state index contributed by atoms with van der Waals surface area (Å²) in [4.78, 5) is 0. The maximum atomic E-state index is 5.96. The van der Waals surface area contributed by atoms with E-state index in [0.717, 1.165) is 19.6 Å². The number of ether oxygens (including phenoxy) is 1. The Hall–Kier alpha value is -1.16. The lowest BCUT2D eigenvalue weighted by atomic mass is 10.1. The Morgan fingerprint density at radius 1 is 1.00 bits per heavy atom. The van der Waals surface area contributed by atoms with Crippen molar-refractivity contribution in [1.29, 1.82) is 0 Å². The van der Waals surface area contributed by atoms with Crippen molar-refractivity contribution in [2.24, 2.45) is 0 Å². The van der Waals surface area contributed by atoms with Crippen molar-refractivity contribution < 1.29 is 9.16 Å². The highest BCUT2D eigenvalue weighted by molar-refractivity contribution is 6.68. The summed E-state index contributed by atoms with van der Waals surface area (Å²) in [6.07, 6.45) is 0.962. The summed E-state index contributed by atoms with van der Waals surface area (Å²) in [6, 6.07) is 15.0. The van der Waals surface area contributed by atoms with E-state index >= 15 is 0 Å².